The van der Waals surface area contributed by atoms with Crippen molar-refractivity contribution in [3.8, 4) is 0 Å². The Morgan fingerprint density at radius 1 is 1.00 bits per heavy atom. The SMILES string of the molecule is C.C=CCCC(=O)CCC=CCCCCCCCCCC.O=C1CC/C=C\CCO1.[2HH].[2H][2H].[2H][2H].[2H][2H].[2H][2H].[2H][2H].[2H][2H].[2H][2H].[2H][2H].[2H][2H].[2H][2H].[2H][2H].[2H][2H].[2H][2H].[2H][2H]. The van der Waals surface area contributed by atoms with E-state index in [4.69, 9.17) is 46.3 Å². The smallest absolute Gasteiger partial charge is 0.306 e. The second-order valence-electron chi connectivity index (χ2n) is 7.66. The molecule has 3 nitrogen and oxygen atoms in total. The van der Waals surface area contributed by atoms with Gasteiger partial charge in [-0.3, -0.25) is 9.59 Å². The van der Waals surface area contributed by atoms with Crippen LogP contribution in [0.2, 0.25) is 0 Å². The Labute approximate surface area is 231 Å². The molecule has 0 aromatic carbocycles. The highest BCUT2D eigenvalue weighted by Crippen LogP contribution is 2.10. The fraction of sp³-hybridized carbons (Fsp3) is 0.704. The van der Waals surface area contributed by atoms with Gasteiger partial charge in [-0.15, -0.1) is 6.58 Å². The maximum atomic E-state index is 11.4. The number of hydrogen-bond acceptors (Lipinski definition) is 3. The molecule has 0 aliphatic carbocycles. The molecule has 0 aromatic heterocycles. The number of hydrogen-bond donors (Lipinski definition) is 0. The molecule has 0 spiro atoms. The highest BCUT2D eigenvalue weighted by Gasteiger charge is 2.01. The normalized spacial score (nSPS) is 18.2. The highest BCUT2D eigenvalue weighted by molar-refractivity contribution is 5.78. The third kappa shape index (κ3) is 24.4. The predicted molar refractivity (Wildman–Crippen MR) is 162 cm³/mol. The molecule has 1 aliphatic heterocycles. The fourth-order valence-corrected chi connectivity index (χ4v) is 3.01. The van der Waals surface area contributed by atoms with Crippen molar-refractivity contribution in [2.24, 2.45) is 0 Å². The molecule has 1 aliphatic rings. The van der Waals surface area contributed by atoms with E-state index in [1.807, 2.05) is 18.2 Å². The van der Waals surface area contributed by atoms with Crippen molar-refractivity contribution in [3.63, 3.8) is 0 Å². The number of rotatable bonds is 15. The summed E-state index contributed by atoms with van der Waals surface area (Å²) >= 11 is 0. The van der Waals surface area contributed by atoms with Gasteiger partial charge in [0.1, 0.15) is 5.78 Å². The molecule has 0 radical (unpaired) electrons. The molecule has 1 heterocycles. The summed E-state index contributed by atoms with van der Waals surface area (Å²) < 4.78 is 145. The zero-order chi connectivity index (χ0) is 49.4. The topological polar surface area (TPSA) is 43.4 Å². The summed E-state index contributed by atoms with van der Waals surface area (Å²) in [5.74, 6) is 0.293. The Bertz CT molecular complexity index is 522. The summed E-state index contributed by atoms with van der Waals surface area (Å²) in [7, 11) is 0. The van der Waals surface area contributed by atoms with Crippen LogP contribution in [0.3, 0.4) is 0 Å². The minimum Gasteiger partial charge on any atom is -0.465 e. The second-order valence-corrected chi connectivity index (χ2v) is 7.66. The summed E-state index contributed by atoms with van der Waals surface area (Å²) in [5.41, 5.74) is 0. The van der Waals surface area contributed by atoms with Crippen molar-refractivity contribution in [2.75, 3.05) is 6.61 Å². The van der Waals surface area contributed by atoms with Crippen molar-refractivity contribution in [2.45, 2.75) is 117 Å². The van der Waals surface area contributed by atoms with Gasteiger partial charge in [-0.05, 0) is 38.5 Å². The van der Waals surface area contributed by atoms with Crippen molar-refractivity contribution >= 4 is 11.8 Å². The second kappa shape index (κ2) is 25.4. The van der Waals surface area contributed by atoms with E-state index in [-0.39, 0.29) is 14.8 Å². The monoisotopic (exact) mass is 480 g/mol. The van der Waals surface area contributed by atoms with Gasteiger partial charge in [-0.25, -0.2) is 0 Å². The molecule has 0 atom stereocenters. The highest BCUT2D eigenvalue weighted by atomic mass is 16.5. The Balaban J connectivity index is -0.0000000256. The van der Waals surface area contributed by atoms with Crippen LogP contribution in [0.4, 0.5) is 0 Å². The molecule has 0 fully saturated rings. The summed E-state index contributed by atoms with van der Waals surface area (Å²) in [6.07, 6.45) is 27.8. The summed E-state index contributed by atoms with van der Waals surface area (Å²) in [4.78, 5) is 22.0. The Hall–Kier alpha value is -1.64. The summed E-state index contributed by atoms with van der Waals surface area (Å²) in [6, 6.07) is 0. The molecule has 0 unspecified atom stereocenters. The number of carbonyl (C=O) groups excluding carboxylic acids is 2. The fourth-order valence-electron chi connectivity index (χ4n) is 3.01. The number of allylic oxidation sites excluding steroid dienone is 4. The van der Waals surface area contributed by atoms with Gasteiger partial charge >= 0.3 is 5.97 Å². The Morgan fingerprint density at radius 3 is 2.30 bits per heavy atom. The lowest BCUT2D eigenvalue weighted by Gasteiger charge is -2.03. The largest absolute Gasteiger partial charge is 0.465 e. The van der Waals surface area contributed by atoms with E-state index < -0.39 is 0 Å². The van der Waals surface area contributed by atoms with Gasteiger partial charge in [0.05, 0.1) is 6.61 Å². The molecule has 204 valence electrons. The van der Waals surface area contributed by atoms with Crippen molar-refractivity contribution in [1.29, 1.82) is 0 Å². The Morgan fingerprint density at radius 2 is 1.60 bits per heavy atom. The van der Waals surface area contributed by atoms with E-state index in [9.17, 15) is 9.59 Å². The average molecular weight is 480 g/mol. The molecular weight excluding hydrogens is 372 g/mol. The molecule has 0 aromatic rings. The summed E-state index contributed by atoms with van der Waals surface area (Å²) in [6.45, 7) is 6.45. The number of ketones is 1. The molecule has 1 rings (SSSR count). The van der Waals surface area contributed by atoms with Gasteiger partial charge < -0.3 is 4.74 Å². The van der Waals surface area contributed by atoms with Crippen molar-refractivity contribution in [3.05, 3.63) is 37.0 Å². The van der Waals surface area contributed by atoms with Gasteiger partial charge in [-0.2, -0.15) is 0 Å². The maximum absolute atomic E-state index is 11.4. The van der Waals surface area contributed by atoms with E-state index in [1.54, 1.807) is 0 Å². The molecule has 3 heteroatoms. The minimum atomic E-state index is -0.0700. The predicted octanol–water partition coefficient (Wildman–Crippen LogP) is 12.0. The number of cyclic esters (lactones) is 1. The van der Waals surface area contributed by atoms with E-state index >= 15 is 0 Å². The quantitative estimate of drug-likeness (QED) is 0.133. The lowest BCUT2D eigenvalue weighted by atomic mass is 10.1. The van der Waals surface area contributed by atoms with Gasteiger partial charge in [0.2, 0.25) is 0 Å². The lowest BCUT2D eigenvalue weighted by Crippen LogP contribution is -2.05. The van der Waals surface area contributed by atoms with Gasteiger partial charge in [0.25, 0.3) is 0 Å². The van der Waals surface area contributed by atoms with Crippen LogP contribution < -0.4 is 0 Å². The number of ether oxygens (including phenoxy) is 1. The molecule has 0 saturated carbocycles. The molecular formula is C27H78O3. The zero-order valence-electron chi connectivity index (χ0n) is 46.8. The average Bonchev–Trinajstić information content (AvgIpc) is 3.34. The first-order valence-electron chi connectivity index (χ1n) is 25.8. The number of unbranched alkanes of at least 4 members (excludes halogenated alkanes) is 8. The maximum Gasteiger partial charge on any atom is 0.306 e. The number of esters is 1. The van der Waals surface area contributed by atoms with Gasteiger partial charge in [-0.1, -0.05) is 89.7 Å². The zero-order valence-corrected chi connectivity index (χ0v) is 18.8. The van der Waals surface area contributed by atoms with Crippen LogP contribution >= 0.6 is 0 Å². The molecule has 0 amide bonds. The van der Waals surface area contributed by atoms with Crippen LogP contribution in [0.5, 0.6) is 0 Å². The molecule has 0 N–H and O–H groups in total. The first kappa shape index (κ1) is 13.0. The molecule has 30 heavy (non-hydrogen) atoms. The van der Waals surface area contributed by atoms with Crippen molar-refractivity contribution in [1.82, 2.24) is 0 Å². The Kier molecular flexibility index (Phi) is 11.0. The van der Waals surface area contributed by atoms with Crippen LogP contribution in [0.25, 0.3) is 0 Å². The third-order valence-electron chi connectivity index (χ3n) is 4.84. The van der Waals surface area contributed by atoms with Crippen LogP contribution in [0, 0.1) is 0 Å². The number of Topliss-reactive ketones (excluding diaryl/α,β-unsaturated/α-hetero) is 1. The van der Waals surface area contributed by atoms with Crippen LogP contribution in [0.1, 0.15) is 160 Å². The minimum absolute atomic E-state index is 0. The van der Waals surface area contributed by atoms with E-state index in [0.29, 0.717) is 31.7 Å². The van der Waals surface area contributed by atoms with Gasteiger partial charge in [0, 0.05) is 62.3 Å². The van der Waals surface area contributed by atoms with E-state index in [2.05, 4.69) is 25.7 Å². The standard InChI is InChI=1S/C19H34O.C7H10O2.CH4.15H2/c1-3-5-7-8-9-10-11-12-13-14-15-16-18-19(20)17-6-4-2;8-7-5-3-1-2-4-6-9-7;;;;;;;;;;;;;;;;/h4,14-15H,2-3,5-13,16-18H2,1H3;1-2H,3-6H2;1H4;15*1H/b;2-1-;;;;;;;;;;;;;;;;/i;;;14*1+1D;1+1. The lowest BCUT2D eigenvalue weighted by molar-refractivity contribution is -0.143. The van der Waals surface area contributed by atoms with E-state index in [0.717, 1.165) is 25.7 Å². The van der Waals surface area contributed by atoms with E-state index in [1.165, 1.54) is 57.8 Å². The number of carbonyl (C=O) groups is 2. The van der Waals surface area contributed by atoms with Crippen LogP contribution in [-0.2, 0) is 14.3 Å². The first-order chi connectivity index (χ1) is 28.2. The van der Waals surface area contributed by atoms with Crippen LogP contribution in [0.15, 0.2) is 37.0 Å². The molecule has 0 bridgehead atoms. The van der Waals surface area contributed by atoms with Crippen molar-refractivity contribution < 1.29 is 57.3 Å². The first-order valence-corrected chi connectivity index (χ1v) is 11.8. The third-order valence-corrected chi connectivity index (χ3v) is 4.84. The molecule has 0 saturated heterocycles. The summed E-state index contributed by atoms with van der Waals surface area (Å²) in [5, 5.41) is 0. The van der Waals surface area contributed by atoms with Gasteiger partial charge in [0.15, 0.2) is 0 Å². The van der Waals surface area contributed by atoms with Crippen LogP contribution in [-0.4, -0.2) is 18.4 Å².